The van der Waals surface area contributed by atoms with Crippen LogP contribution in [0.2, 0.25) is 0 Å². The molecule has 448 valence electrons. The lowest BCUT2D eigenvalue weighted by Gasteiger charge is -2.18. The monoisotopic (exact) mass is 1090 g/mol. The van der Waals surface area contributed by atoms with Gasteiger partial charge in [-0.1, -0.05) is 302 Å². The summed E-state index contributed by atoms with van der Waals surface area (Å²) in [5, 5.41) is 0. The smallest absolute Gasteiger partial charge is 0.306 e. The maximum absolute atomic E-state index is 12.9. The molecule has 0 fully saturated rings. The molecule has 0 amide bonds. The lowest BCUT2D eigenvalue weighted by atomic mass is 10.0. The number of rotatable bonds is 58. The standard InChI is InChI=1S/C73H120O6/c1-4-7-10-13-16-19-22-25-27-29-31-32-33-34-35-36-37-38-39-40-42-43-45-48-51-54-57-60-63-66-72(75)78-69-70(68-77-71(74)65-62-59-56-53-50-47-24-21-18-15-12-9-6-3)79-73(76)67-64-61-58-55-52-49-46-44-41-30-28-26-23-20-17-14-11-8-5-2/h7-8,10-11,16-17,19-20,25-28,31-32,34-35,41,44,49,52,58,61,70H,4-6,9,12-15,18,21-24,29-30,33,36-40,42-43,45-48,50-51,53-57,59-60,62-69H2,1-3H3/b10-7-,11-8-,19-16-,20-17-,27-25-,28-26-,32-31-,35-34-,44-41-,52-49-,61-58-. The van der Waals surface area contributed by atoms with Gasteiger partial charge in [-0.3, -0.25) is 14.4 Å². The SMILES string of the molecule is CC/C=C\C/C=C\C/C=C\C/C=C\C/C=C\C/C=C\CCC(=O)OC(COC(=O)CCCCCCCCCCCCCCC)COC(=O)CCCCCCCCCCCCCCC/C=C\C/C=C\C/C=C\C/C=C\C/C=C\CC. The highest BCUT2D eigenvalue weighted by molar-refractivity contribution is 5.71. The Morgan fingerprint density at radius 1 is 0.266 bits per heavy atom. The molecule has 0 heterocycles. The van der Waals surface area contributed by atoms with Crippen LogP contribution >= 0.6 is 0 Å². The van der Waals surface area contributed by atoms with E-state index >= 15 is 0 Å². The summed E-state index contributed by atoms with van der Waals surface area (Å²) < 4.78 is 16.9. The van der Waals surface area contributed by atoms with Gasteiger partial charge in [0.25, 0.3) is 0 Å². The van der Waals surface area contributed by atoms with Crippen molar-refractivity contribution >= 4 is 17.9 Å². The molecule has 0 radical (unpaired) electrons. The zero-order chi connectivity index (χ0) is 57.1. The van der Waals surface area contributed by atoms with Crippen molar-refractivity contribution in [3.8, 4) is 0 Å². The van der Waals surface area contributed by atoms with Crippen molar-refractivity contribution in [2.24, 2.45) is 0 Å². The molecule has 0 saturated heterocycles. The van der Waals surface area contributed by atoms with E-state index in [1.165, 1.54) is 135 Å². The Morgan fingerprint density at radius 2 is 0.519 bits per heavy atom. The molecule has 0 aromatic carbocycles. The van der Waals surface area contributed by atoms with E-state index in [0.717, 1.165) is 109 Å². The Labute approximate surface area is 487 Å². The molecular weight excluding hydrogens is 973 g/mol. The van der Waals surface area contributed by atoms with E-state index in [-0.39, 0.29) is 31.6 Å². The summed E-state index contributed by atoms with van der Waals surface area (Å²) in [6, 6.07) is 0. The molecule has 79 heavy (non-hydrogen) atoms. The van der Waals surface area contributed by atoms with Crippen molar-refractivity contribution in [1.29, 1.82) is 0 Å². The first kappa shape index (κ1) is 74.5. The van der Waals surface area contributed by atoms with Crippen molar-refractivity contribution in [3.05, 3.63) is 134 Å². The van der Waals surface area contributed by atoms with Crippen LogP contribution in [0, 0.1) is 0 Å². The van der Waals surface area contributed by atoms with Gasteiger partial charge in [0.05, 0.1) is 0 Å². The van der Waals surface area contributed by atoms with Gasteiger partial charge in [0.1, 0.15) is 13.2 Å². The van der Waals surface area contributed by atoms with Gasteiger partial charge in [0.15, 0.2) is 6.10 Å². The average Bonchev–Trinajstić information content (AvgIpc) is 3.45. The van der Waals surface area contributed by atoms with Crippen LogP contribution in [0.4, 0.5) is 0 Å². The molecule has 0 saturated carbocycles. The van der Waals surface area contributed by atoms with Crippen molar-refractivity contribution < 1.29 is 28.6 Å². The van der Waals surface area contributed by atoms with E-state index in [9.17, 15) is 14.4 Å². The molecule has 0 aliphatic rings. The molecular formula is C73H120O6. The fourth-order valence-electron chi connectivity index (χ4n) is 8.85. The third-order valence-corrected chi connectivity index (χ3v) is 13.7. The number of hydrogen-bond donors (Lipinski definition) is 0. The van der Waals surface area contributed by atoms with Crippen LogP contribution in [0.3, 0.4) is 0 Å². The van der Waals surface area contributed by atoms with Gasteiger partial charge in [-0.25, -0.2) is 0 Å². The fourth-order valence-corrected chi connectivity index (χ4v) is 8.85. The van der Waals surface area contributed by atoms with Crippen LogP contribution in [0.1, 0.15) is 290 Å². The van der Waals surface area contributed by atoms with Gasteiger partial charge in [-0.2, -0.15) is 0 Å². The highest BCUT2D eigenvalue weighted by atomic mass is 16.6. The first-order valence-corrected chi connectivity index (χ1v) is 32.7. The van der Waals surface area contributed by atoms with Crippen molar-refractivity contribution in [2.75, 3.05) is 13.2 Å². The van der Waals surface area contributed by atoms with E-state index in [2.05, 4.69) is 148 Å². The Morgan fingerprint density at radius 3 is 0.823 bits per heavy atom. The third-order valence-electron chi connectivity index (χ3n) is 13.7. The molecule has 0 rings (SSSR count). The van der Waals surface area contributed by atoms with Gasteiger partial charge in [-0.15, -0.1) is 0 Å². The van der Waals surface area contributed by atoms with Crippen molar-refractivity contribution in [2.45, 2.75) is 297 Å². The first-order valence-electron chi connectivity index (χ1n) is 32.7. The second-order valence-electron chi connectivity index (χ2n) is 21.3. The van der Waals surface area contributed by atoms with E-state index in [1.807, 2.05) is 6.08 Å². The van der Waals surface area contributed by atoms with Crippen LogP contribution in [-0.4, -0.2) is 37.2 Å². The number of hydrogen-bond acceptors (Lipinski definition) is 6. The summed E-state index contributed by atoms with van der Waals surface area (Å²) in [5.41, 5.74) is 0. The fraction of sp³-hybridized carbons (Fsp3) is 0.658. The molecule has 0 bridgehead atoms. The van der Waals surface area contributed by atoms with E-state index in [1.54, 1.807) is 0 Å². The lowest BCUT2D eigenvalue weighted by molar-refractivity contribution is -0.166. The van der Waals surface area contributed by atoms with Crippen LogP contribution in [-0.2, 0) is 28.6 Å². The number of ether oxygens (including phenoxy) is 3. The Bertz CT molecular complexity index is 1680. The first-order chi connectivity index (χ1) is 39.0. The zero-order valence-electron chi connectivity index (χ0n) is 51.3. The Hall–Kier alpha value is -4.45. The molecule has 6 nitrogen and oxygen atoms in total. The van der Waals surface area contributed by atoms with Crippen LogP contribution < -0.4 is 0 Å². The number of carbonyl (C=O) groups excluding carboxylic acids is 3. The predicted molar refractivity (Wildman–Crippen MR) is 343 cm³/mol. The second kappa shape index (κ2) is 66.1. The number of esters is 3. The Balaban J connectivity index is 4.36. The third kappa shape index (κ3) is 64.3. The molecule has 0 aliphatic carbocycles. The zero-order valence-corrected chi connectivity index (χ0v) is 51.3. The summed E-state index contributed by atoms with van der Waals surface area (Å²) in [5.74, 6) is -0.990. The summed E-state index contributed by atoms with van der Waals surface area (Å²) in [6.07, 6.45) is 93.3. The quantitative estimate of drug-likeness (QED) is 0.0261. The Kier molecular flexibility index (Phi) is 62.3. The molecule has 0 N–H and O–H groups in total. The summed E-state index contributed by atoms with van der Waals surface area (Å²) in [6.45, 7) is 6.36. The van der Waals surface area contributed by atoms with Crippen LogP contribution in [0.5, 0.6) is 0 Å². The maximum Gasteiger partial charge on any atom is 0.306 e. The van der Waals surface area contributed by atoms with Gasteiger partial charge in [0, 0.05) is 19.3 Å². The van der Waals surface area contributed by atoms with E-state index < -0.39 is 12.1 Å². The second-order valence-corrected chi connectivity index (χ2v) is 21.3. The normalized spacial score (nSPS) is 13.0. The largest absolute Gasteiger partial charge is 0.462 e. The van der Waals surface area contributed by atoms with Crippen LogP contribution in [0.25, 0.3) is 0 Å². The van der Waals surface area contributed by atoms with Gasteiger partial charge >= 0.3 is 17.9 Å². The van der Waals surface area contributed by atoms with E-state index in [4.69, 9.17) is 14.2 Å². The predicted octanol–water partition coefficient (Wildman–Crippen LogP) is 22.5. The molecule has 6 heteroatoms. The highest BCUT2D eigenvalue weighted by Gasteiger charge is 2.19. The average molecular weight is 1090 g/mol. The maximum atomic E-state index is 12.9. The molecule has 0 aliphatic heterocycles. The van der Waals surface area contributed by atoms with Crippen LogP contribution in [0.15, 0.2) is 134 Å². The minimum Gasteiger partial charge on any atom is -0.462 e. The van der Waals surface area contributed by atoms with Gasteiger partial charge in [0.2, 0.25) is 0 Å². The molecule has 0 spiro atoms. The van der Waals surface area contributed by atoms with Gasteiger partial charge < -0.3 is 14.2 Å². The highest BCUT2D eigenvalue weighted by Crippen LogP contribution is 2.16. The summed E-state index contributed by atoms with van der Waals surface area (Å²) in [4.78, 5) is 38.3. The summed E-state index contributed by atoms with van der Waals surface area (Å²) >= 11 is 0. The molecule has 1 unspecified atom stereocenters. The van der Waals surface area contributed by atoms with Gasteiger partial charge in [-0.05, 0) is 103 Å². The topological polar surface area (TPSA) is 78.9 Å². The minimum absolute atomic E-state index is 0.108. The molecule has 1 atom stereocenters. The van der Waals surface area contributed by atoms with Crippen molar-refractivity contribution in [3.63, 3.8) is 0 Å². The molecule has 0 aromatic rings. The van der Waals surface area contributed by atoms with Crippen molar-refractivity contribution in [1.82, 2.24) is 0 Å². The molecule has 0 aromatic heterocycles. The number of carbonyl (C=O) groups is 3. The number of unbranched alkanes of at least 4 members (excludes halogenated alkanes) is 25. The summed E-state index contributed by atoms with van der Waals surface area (Å²) in [7, 11) is 0. The van der Waals surface area contributed by atoms with E-state index in [0.29, 0.717) is 19.3 Å². The number of allylic oxidation sites excluding steroid dienone is 22. The minimum atomic E-state index is -0.822. The lowest BCUT2D eigenvalue weighted by Crippen LogP contribution is -2.30.